The van der Waals surface area contributed by atoms with Crippen LogP contribution in [0.2, 0.25) is 0 Å². The summed E-state index contributed by atoms with van der Waals surface area (Å²) in [5, 5.41) is 2.15. The lowest BCUT2D eigenvalue weighted by Gasteiger charge is -2.33. The van der Waals surface area contributed by atoms with E-state index in [0.717, 1.165) is 66.7 Å². The Morgan fingerprint density at radius 1 is 0.375 bits per heavy atom. The molecule has 0 unspecified atom stereocenters. The monoisotopic (exact) mass is 714 g/mol. The summed E-state index contributed by atoms with van der Waals surface area (Å²) in [7, 11) is 0. The summed E-state index contributed by atoms with van der Waals surface area (Å²) in [6, 6.07) is 73.1. The minimum Gasteiger partial charge on any atom is -0.455 e. The molecular weight excluding hydrogens is 681 g/mol. The van der Waals surface area contributed by atoms with Crippen molar-refractivity contribution >= 4 is 21.9 Å². The summed E-state index contributed by atoms with van der Waals surface area (Å²) in [5.74, 6) is 0.664. The number of hydrogen-bond acceptors (Lipinski definition) is 3. The van der Waals surface area contributed by atoms with Crippen molar-refractivity contribution in [1.82, 2.24) is 9.97 Å². The lowest BCUT2D eigenvalue weighted by molar-refractivity contribution is 0.670. The van der Waals surface area contributed by atoms with Gasteiger partial charge in [-0.3, -0.25) is 0 Å². The third-order valence-electron chi connectivity index (χ3n) is 11.4. The van der Waals surface area contributed by atoms with Crippen molar-refractivity contribution in [2.45, 2.75) is 5.41 Å². The number of hydrogen-bond donors (Lipinski definition) is 0. The maximum Gasteiger partial charge on any atom is 0.161 e. The van der Waals surface area contributed by atoms with Crippen molar-refractivity contribution in [3.8, 4) is 56.2 Å². The molecule has 2 aromatic heterocycles. The zero-order valence-corrected chi connectivity index (χ0v) is 30.4. The van der Waals surface area contributed by atoms with E-state index in [1.807, 2.05) is 12.1 Å². The number of nitrogens with zero attached hydrogens (tertiary/aromatic N) is 2. The van der Waals surface area contributed by atoms with Crippen LogP contribution in [0.25, 0.3) is 78.1 Å². The van der Waals surface area contributed by atoms with Crippen LogP contribution in [-0.4, -0.2) is 9.97 Å². The minimum atomic E-state index is -0.537. The number of fused-ring (bicyclic) bond motifs is 6. The Kier molecular flexibility index (Phi) is 7.39. The van der Waals surface area contributed by atoms with E-state index in [2.05, 4.69) is 194 Å². The highest BCUT2D eigenvalue weighted by Crippen LogP contribution is 2.58. The molecule has 0 atom stereocenters. The van der Waals surface area contributed by atoms with Gasteiger partial charge in [0.25, 0.3) is 0 Å². The van der Waals surface area contributed by atoms with E-state index >= 15 is 0 Å². The van der Waals surface area contributed by atoms with Gasteiger partial charge in [0, 0.05) is 27.5 Å². The van der Waals surface area contributed by atoms with E-state index < -0.39 is 5.41 Å². The van der Waals surface area contributed by atoms with Gasteiger partial charge < -0.3 is 4.42 Å². The zero-order chi connectivity index (χ0) is 37.1. The van der Waals surface area contributed by atoms with Gasteiger partial charge in [0.15, 0.2) is 5.82 Å². The standard InChI is InChI=1S/C53H34N2O/c1-4-18-35(19-5-1)38-24-10-11-25-39(38)47-34-48(43-29-16-28-41-40-26-13-15-33-49(40)56-51(41)43)55-52(54-47)44-30-17-32-46-50(44)42-27-12-14-31-45(42)53(46,36-20-6-2-7-21-36)37-22-8-3-9-23-37/h1-34H. The van der Waals surface area contributed by atoms with Gasteiger partial charge in [-0.25, -0.2) is 9.97 Å². The van der Waals surface area contributed by atoms with Crippen LogP contribution in [-0.2, 0) is 5.41 Å². The fourth-order valence-corrected chi connectivity index (χ4v) is 9.05. The van der Waals surface area contributed by atoms with Gasteiger partial charge in [0.1, 0.15) is 11.2 Å². The number of para-hydroxylation sites is 2. The Labute approximate surface area is 325 Å². The minimum absolute atomic E-state index is 0.537. The predicted molar refractivity (Wildman–Crippen MR) is 228 cm³/mol. The Morgan fingerprint density at radius 2 is 0.893 bits per heavy atom. The van der Waals surface area contributed by atoms with Crippen LogP contribution in [0.5, 0.6) is 0 Å². The van der Waals surface area contributed by atoms with Gasteiger partial charge in [-0.2, -0.15) is 0 Å². The molecule has 10 aromatic rings. The van der Waals surface area contributed by atoms with E-state index in [1.165, 1.54) is 27.8 Å². The van der Waals surface area contributed by atoms with E-state index in [0.29, 0.717) is 5.82 Å². The van der Waals surface area contributed by atoms with E-state index in [1.54, 1.807) is 0 Å². The Morgan fingerprint density at radius 3 is 1.64 bits per heavy atom. The Hall–Kier alpha value is -7.36. The van der Waals surface area contributed by atoms with Gasteiger partial charge >= 0.3 is 0 Å². The average Bonchev–Trinajstić information content (AvgIpc) is 3.81. The molecule has 0 bridgehead atoms. The molecule has 1 aliphatic rings. The molecule has 262 valence electrons. The highest BCUT2D eigenvalue weighted by Gasteiger charge is 2.47. The summed E-state index contributed by atoms with van der Waals surface area (Å²) in [6.07, 6.45) is 0. The van der Waals surface area contributed by atoms with Crippen molar-refractivity contribution < 1.29 is 4.42 Å². The van der Waals surface area contributed by atoms with Crippen molar-refractivity contribution in [1.29, 1.82) is 0 Å². The predicted octanol–water partition coefficient (Wildman–Crippen LogP) is 13.4. The van der Waals surface area contributed by atoms with Crippen LogP contribution in [0.4, 0.5) is 0 Å². The average molecular weight is 715 g/mol. The maximum absolute atomic E-state index is 6.61. The second kappa shape index (κ2) is 12.9. The van der Waals surface area contributed by atoms with E-state index in [9.17, 15) is 0 Å². The first-order chi connectivity index (χ1) is 27.8. The molecular formula is C53H34N2O. The maximum atomic E-state index is 6.61. The molecule has 0 spiro atoms. The molecule has 0 fully saturated rings. The normalized spacial score (nSPS) is 12.8. The van der Waals surface area contributed by atoms with Crippen molar-refractivity contribution in [3.63, 3.8) is 0 Å². The van der Waals surface area contributed by atoms with Crippen LogP contribution in [0.15, 0.2) is 211 Å². The molecule has 0 saturated carbocycles. The molecule has 3 nitrogen and oxygen atoms in total. The second-order valence-corrected chi connectivity index (χ2v) is 14.4. The highest BCUT2D eigenvalue weighted by molar-refractivity contribution is 6.09. The Bertz CT molecular complexity index is 3040. The summed E-state index contributed by atoms with van der Waals surface area (Å²) in [5.41, 5.74) is 15.2. The summed E-state index contributed by atoms with van der Waals surface area (Å²) in [6.45, 7) is 0. The molecule has 0 amide bonds. The molecule has 0 saturated heterocycles. The summed E-state index contributed by atoms with van der Waals surface area (Å²) < 4.78 is 6.61. The lowest BCUT2D eigenvalue weighted by Crippen LogP contribution is -2.28. The van der Waals surface area contributed by atoms with Crippen molar-refractivity contribution in [2.24, 2.45) is 0 Å². The topological polar surface area (TPSA) is 38.9 Å². The van der Waals surface area contributed by atoms with Crippen LogP contribution >= 0.6 is 0 Å². The second-order valence-electron chi connectivity index (χ2n) is 14.4. The quantitative estimate of drug-likeness (QED) is 0.172. The van der Waals surface area contributed by atoms with E-state index in [-0.39, 0.29) is 0 Å². The molecule has 56 heavy (non-hydrogen) atoms. The van der Waals surface area contributed by atoms with Crippen molar-refractivity contribution in [3.05, 3.63) is 229 Å². The van der Waals surface area contributed by atoms with Gasteiger partial charge in [0.05, 0.1) is 16.8 Å². The largest absolute Gasteiger partial charge is 0.455 e. The zero-order valence-electron chi connectivity index (χ0n) is 30.4. The third kappa shape index (κ3) is 4.84. The van der Waals surface area contributed by atoms with Crippen LogP contribution in [0, 0.1) is 0 Å². The number of benzene rings is 8. The first-order valence-corrected chi connectivity index (χ1v) is 19.1. The van der Waals surface area contributed by atoms with E-state index in [4.69, 9.17) is 14.4 Å². The number of rotatable bonds is 6. The fraction of sp³-hybridized carbons (Fsp3) is 0.0189. The van der Waals surface area contributed by atoms with Crippen LogP contribution in [0.1, 0.15) is 22.3 Å². The SMILES string of the molecule is c1ccc(-c2ccccc2-c2cc(-c3cccc4c3oc3ccccc34)nc(-c3cccc4c3-c3ccccc3C4(c3ccccc3)c3ccccc3)n2)cc1. The number of aromatic nitrogens is 2. The number of furan rings is 1. The Balaban J connectivity index is 1.22. The van der Waals surface area contributed by atoms with Gasteiger partial charge in [-0.1, -0.05) is 188 Å². The summed E-state index contributed by atoms with van der Waals surface area (Å²) in [4.78, 5) is 11.0. The molecule has 0 aliphatic heterocycles. The van der Waals surface area contributed by atoms with Gasteiger partial charge in [-0.05, 0) is 62.7 Å². The third-order valence-corrected chi connectivity index (χ3v) is 11.4. The molecule has 8 aromatic carbocycles. The first kappa shape index (κ1) is 32.1. The van der Waals surface area contributed by atoms with Gasteiger partial charge in [0.2, 0.25) is 0 Å². The van der Waals surface area contributed by atoms with Crippen LogP contribution in [0.3, 0.4) is 0 Å². The molecule has 0 N–H and O–H groups in total. The molecule has 1 aliphatic carbocycles. The van der Waals surface area contributed by atoms with Crippen molar-refractivity contribution in [2.75, 3.05) is 0 Å². The molecule has 2 heterocycles. The molecule has 0 radical (unpaired) electrons. The van der Waals surface area contributed by atoms with Gasteiger partial charge in [-0.15, -0.1) is 0 Å². The molecule has 11 rings (SSSR count). The fourth-order valence-electron chi connectivity index (χ4n) is 9.05. The summed E-state index contributed by atoms with van der Waals surface area (Å²) >= 11 is 0. The first-order valence-electron chi connectivity index (χ1n) is 19.1. The van der Waals surface area contributed by atoms with Crippen LogP contribution < -0.4 is 0 Å². The lowest BCUT2D eigenvalue weighted by atomic mass is 9.67. The smallest absolute Gasteiger partial charge is 0.161 e. The molecule has 3 heteroatoms. The highest BCUT2D eigenvalue weighted by atomic mass is 16.3.